The molecule has 0 fully saturated rings. The van der Waals surface area contributed by atoms with Crippen molar-refractivity contribution in [1.82, 2.24) is 19.5 Å². The first kappa shape index (κ1) is 13.4. The van der Waals surface area contributed by atoms with Crippen molar-refractivity contribution in [3.05, 3.63) is 45.0 Å². The van der Waals surface area contributed by atoms with Gasteiger partial charge in [0, 0.05) is 41.4 Å². The monoisotopic (exact) mass is 352 g/mol. The van der Waals surface area contributed by atoms with Crippen molar-refractivity contribution < 1.29 is 4.79 Å². The van der Waals surface area contributed by atoms with Gasteiger partial charge in [-0.25, -0.2) is 4.52 Å². The van der Waals surface area contributed by atoms with Crippen molar-refractivity contribution in [3.8, 4) is 0 Å². The summed E-state index contributed by atoms with van der Waals surface area (Å²) in [4.78, 5) is 12.6. The molecule has 0 saturated heterocycles. The molecule has 0 atom stereocenters. The molecule has 0 unspecified atom stereocenters. The minimum atomic E-state index is -0.0337. The van der Waals surface area contributed by atoms with Gasteiger partial charge < -0.3 is 9.88 Å². The van der Waals surface area contributed by atoms with E-state index in [1.807, 2.05) is 41.3 Å². The topological polar surface area (TPSA) is 51.3 Å². The van der Waals surface area contributed by atoms with E-state index in [2.05, 4.69) is 30.9 Å². The molecule has 0 aliphatic rings. The third kappa shape index (κ3) is 2.64. The largest absolute Gasteiger partial charge is 0.350 e. The second-order valence-corrected chi connectivity index (χ2v) is 6.29. The maximum absolute atomic E-state index is 11.9. The molecule has 0 bridgehead atoms. The van der Waals surface area contributed by atoms with Gasteiger partial charge in [-0.1, -0.05) is 0 Å². The number of halogens is 1. The second-order valence-electron chi connectivity index (χ2n) is 4.47. The van der Waals surface area contributed by atoms with Crippen LogP contribution >= 0.6 is 27.3 Å². The van der Waals surface area contributed by atoms with Crippen LogP contribution in [0.2, 0.25) is 0 Å². The average Bonchev–Trinajstić information content (AvgIpc) is 3.06. The maximum Gasteiger partial charge on any atom is 0.261 e. The first-order valence-electron chi connectivity index (χ1n) is 6.17. The Balaban J connectivity index is 1.61. The summed E-state index contributed by atoms with van der Waals surface area (Å²) < 4.78 is 4.85. The molecule has 3 heterocycles. The summed E-state index contributed by atoms with van der Waals surface area (Å²) in [7, 11) is 0. The molecule has 3 aromatic heterocycles. The minimum absolute atomic E-state index is 0.0337. The number of aromatic nitrogens is 3. The second kappa shape index (κ2) is 5.41. The molecule has 0 aliphatic carbocycles. The predicted octanol–water partition coefficient (Wildman–Crippen LogP) is 2.70. The summed E-state index contributed by atoms with van der Waals surface area (Å²) in [5, 5.41) is 9.16. The Kier molecular flexibility index (Phi) is 3.62. The Morgan fingerprint density at radius 2 is 2.30 bits per heavy atom. The van der Waals surface area contributed by atoms with Crippen LogP contribution in [0, 0.1) is 6.92 Å². The number of amides is 1. The van der Waals surface area contributed by atoms with Crippen molar-refractivity contribution in [2.45, 2.75) is 13.5 Å². The van der Waals surface area contributed by atoms with Crippen molar-refractivity contribution in [2.24, 2.45) is 0 Å². The highest BCUT2D eigenvalue weighted by Crippen LogP contribution is 2.19. The molecule has 0 aromatic carbocycles. The average molecular weight is 353 g/mol. The van der Waals surface area contributed by atoms with Gasteiger partial charge >= 0.3 is 0 Å². The van der Waals surface area contributed by atoms with Crippen LogP contribution in [0.1, 0.15) is 15.4 Å². The smallest absolute Gasteiger partial charge is 0.261 e. The molecule has 0 spiro atoms. The Hall–Kier alpha value is -1.60. The minimum Gasteiger partial charge on any atom is -0.350 e. The lowest BCUT2D eigenvalue weighted by Crippen LogP contribution is -2.26. The Bertz CT molecular complexity index is 757. The van der Waals surface area contributed by atoms with Crippen LogP contribution in [0.4, 0.5) is 0 Å². The fourth-order valence-corrected chi connectivity index (χ4v) is 3.39. The molecule has 0 aliphatic heterocycles. The molecule has 7 heteroatoms. The van der Waals surface area contributed by atoms with E-state index >= 15 is 0 Å². The van der Waals surface area contributed by atoms with Gasteiger partial charge in [-0.15, -0.1) is 11.3 Å². The van der Waals surface area contributed by atoms with Crippen LogP contribution in [0.5, 0.6) is 0 Å². The number of hydrogen-bond acceptors (Lipinski definition) is 3. The number of fused-ring (bicyclic) bond motifs is 1. The number of carbonyl (C=O) groups is 1. The first-order valence-corrected chi connectivity index (χ1v) is 7.84. The normalized spacial score (nSPS) is 11.1. The van der Waals surface area contributed by atoms with E-state index in [4.69, 9.17) is 0 Å². The zero-order valence-electron chi connectivity index (χ0n) is 10.8. The van der Waals surface area contributed by atoms with Gasteiger partial charge in [0.05, 0.1) is 10.6 Å². The lowest BCUT2D eigenvalue weighted by Gasteiger charge is -2.05. The Morgan fingerprint density at radius 3 is 3.05 bits per heavy atom. The molecule has 104 valence electrons. The molecular weight excluding hydrogens is 340 g/mol. The zero-order chi connectivity index (χ0) is 14.1. The van der Waals surface area contributed by atoms with Crippen LogP contribution in [0.15, 0.2) is 34.4 Å². The highest BCUT2D eigenvalue weighted by Gasteiger charge is 2.08. The first-order chi connectivity index (χ1) is 9.63. The lowest BCUT2D eigenvalue weighted by molar-refractivity contribution is 0.0956. The molecule has 20 heavy (non-hydrogen) atoms. The van der Waals surface area contributed by atoms with E-state index in [9.17, 15) is 4.79 Å². The third-order valence-corrected chi connectivity index (χ3v) is 4.64. The van der Waals surface area contributed by atoms with Crippen LogP contribution in [-0.2, 0) is 6.54 Å². The molecule has 0 radical (unpaired) electrons. The number of rotatable bonds is 4. The molecule has 1 amide bonds. The number of imidazole rings is 1. The molecule has 3 aromatic rings. The molecule has 0 saturated carbocycles. The number of hydrogen-bond donors (Lipinski definition) is 1. The Morgan fingerprint density at radius 1 is 1.45 bits per heavy atom. The van der Waals surface area contributed by atoms with Crippen molar-refractivity contribution >= 4 is 38.8 Å². The number of carbonyl (C=O) groups excluding carboxylic acids is 1. The summed E-state index contributed by atoms with van der Waals surface area (Å²) >= 11 is 4.78. The van der Waals surface area contributed by atoms with Gasteiger partial charge in [-0.2, -0.15) is 5.10 Å². The van der Waals surface area contributed by atoms with E-state index in [-0.39, 0.29) is 5.91 Å². The van der Waals surface area contributed by atoms with Crippen molar-refractivity contribution in [2.75, 3.05) is 6.54 Å². The van der Waals surface area contributed by atoms with Crippen molar-refractivity contribution in [3.63, 3.8) is 0 Å². The summed E-state index contributed by atoms with van der Waals surface area (Å²) in [5.41, 5.74) is 2.03. The number of aryl methyl sites for hydroxylation is 1. The van der Waals surface area contributed by atoms with E-state index in [0.29, 0.717) is 6.54 Å². The van der Waals surface area contributed by atoms with Gasteiger partial charge in [0.1, 0.15) is 5.65 Å². The van der Waals surface area contributed by atoms with E-state index in [1.165, 1.54) is 11.3 Å². The highest BCUT2D eigenvalue weighted by molar-refractivity contribution is 9.10. The lowest BCUT2D eigenvalue weighted by atomic mass is 10.4. The quantitative estimate of drug-likeness (QED) is 0.784. The highest BCUT2D eigenvalue weighted by atomic mass is 79.9. The molecule has 5 nitrogen and oxygen atoms in total. The standard InChI is InChI=1S/C13H13BrN4OS/c1-9-6-12-17(4-5-18(12)16-9)3-2-15-13(19)11-7-10(14)8-20-11/h4-8H,2-3H2,1H3,(H,15,19). The Labute approximate surface area is 128 Å². The van der Waals surface area contributed by atoms with Gasteiger partial charge in [0.25, 0.3) is 5.91 Å². The molecule has 1 N–H and O–H groups in total. The zero-order valence-corrected chi connectivity index (χ0v) is 13.2. The third-order valence-electron chi connectivity index (χ3n) is 2.95. The number of nitrogens with zero attached hydrogens (tertiary/aromatic N) is 3. The number of thiophene rings is 1. The van der Waals surface area contributed by atoms with E-state index < -0.39 is 0 Å². The van der Waals surface area contributed by atoms with E-state index in [0.717, 1.165) is 27.2 Å². The fraction of sp³-hybridized carbons (Fsp3) is 0.231. The SMILES string of the molecule is Cc1cc2n(CCNC(=O)c3cc(Br)cs3)ccn2n1. The van der Waals surface area contributed by atoms with Crippen molar-refractivity contribution in [1.29, 1.82) is 0 Å². The van der Waals surface area contributed by atoms with Gasteiger partial charge in [0.2, 0.25) is 0 Å². The number of nitrogens with one attached hydrogen (secondary N) is 1. The van der Waals surface area contributed by atoms with Crippen LogP contribution < -0.4 is 5.32 Å². The molecular formula is C13H13BrN4OS. The summed E-state index contributed by atoms with van der Waals surface area (Å²) in [6, 6.07) is 3.85. The van der Waals surface area contributed by atoms with Gasteiger partial charge in [-0.05, 0) is 28.9 Å². The fourth-order valence-electron chi connectivity index (χ4n) is 2.05. The van der Waals surface area contributed by atoms with E-state index in [1.54, 1.807) is 0 Å². The van der Waals surface area contributed by atoms with Gasteiger partial charge in [0.15, 0.2) is 0 Å². The van der Waals surface area contributed by atoms with Gasteiger partial charge in [-0.3, -0.25) is 4.79 Å². The maximum atomic E-state index is 11.9. The van der Waals surface area contributed by atoms with Crippen LogP contribution in [0.3, 0.4) is 0 Å². The summed E-state index contributed by atoms with van der Waals surface area (Å²) in [5.74, 6) is -0.0337. The summed E-state index contributed by atoms with van der Waals surface area (Å²) in [6.45, 7) is 3.27. The molecule has 3 rings (SSSR count). The summed E-state index contributed by atoms with van der Waals surface area (Å²) in [6.07, 6.45) is 3.89. The predicted molar refractivity (Wildman–Crippen MR) is 82.3 cm³/mol. The van der Waals surface area contributed by atoms with Crippen LogP contribution in [-0.4, -0.2) is 26.6 Å². The van der Waals surface area contributed by atoms with Crippen LogP contribution in [0.25, 0.3) is 5.65 Å².